The van der Waals surface area contributed by atoms with Gasteiger partial charge in [-0.05, 0) is 43.9 Å². The molecule has 10 heteroatoms. The number of nitrogens with zero attached hydrogens (tertiary/aromatic N) is 4. The van der Waals surface area contributed by atoms with Crippen LogP contribution in [-0.4, -0.2) is 54.0 Å². The van der Waals surface area contributed by atoms with Crippen LogP contribution in [0.4, 0.5) is 11.4 Å². The largest absolute Gasteiger partial charge is 0.366 e. The Bertz CT molecular complexity index is 962. The Labute approximate surface area is 169 Å². The third-order valence-electron chi connectivity index (χ3n) is 5.89. The van der Waals surface area contributed by atoms with E-state index in [0.29, 0.717) is 37.8 Å². The first-order valence-corrected chi connectivity index (χ1v) is 11.4. The number of aromatic nitrogens is 2. The third kappa shape index (κ3) is 3.99. The summed E-state index contributed by atoms with van der Waals surface area (Å²) in [6.07, 6.45) is 6.10. The van der Waals surface area contributed by atoms with Crippen LogP contribution in [-0.2, 0) is 10.0 Å². The molecule has 1 N–H and O–H groups in total. The van der Waals surface area contributed by atoms with Crippen LogP contribution >= 0.6 is 0 Å². The van der Waals surface area contributed by atoms with Gasteiger partial charge in [-0.15, -0.1) is 0 Å². The lowest BCUT2D eigenvalue weighted by Gasteiger charge is -2.33. The number of anilines is 1. The zero-order valence-electron chi connectivity index (χ0n) is 16.2. The summed E-state index contributed by atoms with van der Waals surface area (Å²) in [4.78, 5) is 13.2. The maximum Gasteiger partial charge on any atom is 0.293 e. The topological polar surface area (TPSA) is 112 Å². The van der Waals surface area contributed by atoms with Crippen LogP contribution in [0.2, 0.25) is 0 Å². The molecule has 2 aromatic rings. The Morgan fingerprint density at radius 1 is 1.07 bits per heavy atom. The van der Waals surface area contributed by atoms with Gasteiger partial charge in [-0.3, -0.25) is 15.2 Å². The third-order valence-corrected chi connectivity index (χ3v) is 7.79. The predicted molar refractivity (Wildman–Crippen MR) is 108 cm³/mol. The molecule has 2 fully saturated rings. The van der Waals surface area contributed by atoms with Crippen molar-refractivity contribution in [2.45, 2.75) is 42.9 Å². The Morgan fingerprint density at radius 3 is 2.41 bits per heavy atom. The quantitative estimate of drug-likeness (QED) is 0.589. The Morgan fingerprint density at radius 2 is 1.79 bits per heavy atom. The number of nitrogens with one attached hydrogen (secondary N) is 1. The summed E-state index contributed by atoms with van der Waals surface area (Å²) < 4.78 is 27.2. The van der Waals surface area contributed by atoms with Gasteiger partial charge in [0.05, 0.1) is 9.82 Å². The van der Waals surface area contributed by atoms with Crippen molar-refractivity contribution in [3.8, 4) is 0 Å². The maximum atomic E-state index is 12.9. The van der Waals surface area contributed by atoms with Crippen molar-refractivity contribution in [1.29, 1.82) is 0 Å². The summed E-state index contributed by atoms with van der Waals surface area (Å²) in [5.41, 5.74) is 1.42. The summed E-state index contributed by atoms with van der Waals surface area (Å²) >= 11 is 0. The molecule has 29 heavy (non-hydrogen) atoms. The number of nitro benzene ring substituents is 1. The minimum Gasteiger partial charge on any atom is -0.366 e. The van der Waals surface area contributed by atoms with Gasteiger partial charge in [-0.1, -0.05) is 6.42 Å². The number of hydrogen-bond acceptors (Lipinski definition) is 6. The average molecular weight is 420 g/mol. The lowest BCUT2D eigenvalue weighted by atomic mass is 9.93. The second-order valence-electron chi connectivity index (χ2n) is 7.65. The number of aromatic amines is 1. The van der Waals surface area contributed by atoms with Crippen molar-refractivity contribution >= 4 is 21.4 Å². The van der Waals surface area contributed by atoms with Crippen LogP contribution in [0.5, 0.6) is 0 Å². The number of rotatable bonds is 5. The van der Waals surface area contributed by atoms with Crippen LogP contribution in [0, 0.1) is 10.1 Å². The molecular formula is C19H25N5O4S. The van der Waals surface area contributed by atoms with Crippen LogP contribution in [0.25, 0.3) is 0 Å². The number of nitro groups is 1. The zero-order valence-corrected chi connectivity index (χ0v) is 17.0. The second kappa shape index (κ2) is 8.11. The van der Waals surface area contributed by atoms with E-state index in [1.165, 1.54) is 16.4 Å². The van der Waals surface area contributed by atoms with Crippen molar-refractivity contribution in [3.05, 3.63) is 46.3 Å². The first-order chi connectivity index (χ1) is 14.0. The normalized spacial score (nSPS) is 19.4. The van der Waals surface area contributed by atoms with Gasteiger partial charge in [-0.25, -0.2) is 8.42 Å². The van der Waals surface area contributed by atoms with Crippen LogP contribution in [0.15, 0.2) is 35.4 Å². The molecule has 2 aliphatic rings. The van der Waals surface area contributed by atoms with Gasteiger partial charge >= 0.3 is 0 Å². The highest BCUT2D eigenvalue weighted by Crippen LogP contribution is 2.36. The number of piperidine rings is 2. The SMILES string of the molecule is O=[N+]([O-])c1cc(S(=O)(=O)N2CCCCC2)ccc1N1CCC(c2ccn[nH]2)CC1. The molecule has 0 aliphatic carbocycles. The van der Waals surface area contributed by atoms with Gasteiger partial charge in [0.15, 0.2) is 0 Å². The van der Waals surface area contributed by atoms with Crippen molar-refractivity contribution in [3.63, 3.8) is 0 Å². The number of benzene rings is 1. The highest BCUT2D eigenvalue weighted by molar-refractivity contribution is 7.89. The molecule has 0 saturated carbocycles. The van der Waals surface area contributed by atoms with Crippen molar-refractivity contribution in [1.82, 2.24) is 14.5 Å². The Kier molecular flexibility index (Phi) is 5.55. The van der Waals surface area contributed by atoms with E-state index in [2.05, 4.69) is 10.2 Å². The fourth-order valence-corrected chi connectivity index (χ4v) is 5.79. The molecule has 0 amide bonds. The Balaban J connectivity index is 1.56. The minimum absolute atomic E-state index is 0.00203. The van der Waals surface area contributed by atoms with Crippen LogP contribution < -0.4 is 4.90 Å². The summed E-state index contributed by atoms with van der Waals surface area (Å²) in [6, 6.07) is 6.28. The van der Waals surface area contributed by atoms with E-state index in [9.17, 15) is 18.5 Å². The van der Waals surface area contributed by atoms with Crippen LogP contribution in [0.1, 0.15) is 43.7 Å². The maximum absolute atomic E-state index is 12.9. The van der Waals surface area contributed by atoms with E-state index in [-0.39, 0.29) is 10.6 Å². The molecule has 2 aliphatic heterocycles. The van der Waals surface area contributed by atoms with Crippen molar-refractivity contribution < 1.29 is 13.3 Å². The molecule has 0 unspecified atom stereocenters. The molecule has 0 radical (unpaired) electrons. The summed E-state index contributed by atoms with van der Waals surface area (Å²) in [7, 11) is -3.70. The summed E-state index contributed by atoms with van der Waals surface area (Å²) in [5, 5.41) is 18.7. The number of H-pyrrole nitrogens is 1. The first-order valence-electron chi connectivity index (χ1n) is 9.99. The van der Waals surface area contributed by atoms with E-state index >= 15 is 0 Å². The van der Waals surface area contributed by atoms with E-state index in [4.69, 9.17) is 0 Å². The molecular weight excluding hydrogens is 394 g/mol. The molecule has 0 spiro atoms. The lowest BCUT2D eigenvalue weighted by molar-refractivity contribution is -0.384. The molecule has 1 aromatic carbocycles. The van der Waals surface area contributed by atoms with Gasteiger partial charge in [0.2, 0.25) is 10.0 Å². The highest BCUT2D eigenvalue weighted by Gasteiger charge is 2.31. The predicted octanol–water partition coefficient (Wildman–Crippen LogP) is 2.88. The van der Waals surface area contributed by atoms with Gasteiger partial charge in [0, 0.05) is 50.1 Å². The molecule has 4 rings (SSSR count). The van der Waals surface area contributed by atoms with Gasteiger partial charge < -0.3 is 4.90 Å². The molecule has 9 nitrogen and oxygen atoms in total. The molecule has 3 heterocycles. The highest BCUT2D eigenvalue weighted by atomic mass is 32.2. The standard InChI is InChI=1S/C19H25N5O4S/c25-24(26)19-14-16(29(27,28)23-10-2-1-3-11-23)4-5-18(19)22-12-7-15(8-13-22)17-6-9-20-21-17/h4-6,9,14-15H,1-3,7-8,10-13H2,(H,20,21). The second-order valence-corrected chi connectivity index (χ2v) is 9.58. The van der Waals surface area contributed by atoms with E-state index in [0.717, 1.165) is 37.8 Å². The monoisotopic (exact) mass is 419 g/mol. The summed E-state index contributed by atoms with van der Waals surface area (Å²) in [5.74, 6) is 0.353. The van der Waals surface area contributed by atoms with E-state index in [1.807, 2.05) is 11.0 Å². The van der Waals surface area contributed by atoms with Crippen molar-refractivity contribution in [2.75, 3.05) is 31.1 Å². The van der Waals surface area contributed by atoms with Crippen molar-refractivity contribution in [2.24, 2.45) is 0 Å². The molecule has 1 aromatic heterocycles. The zero-order chi connectivity index (χ0) is 20.4. The minimum atomic E-state index is -3.70. The molecule has 156 valence electrons. The van der Waals surface area contributed by atoms with Gasteiger partial charge in [0.25, 0.3) is 5.69 Å². The summed E-state index contributed by atoms with van der Waals surface area (Å²) in [6.45, 7) is 2.28. The molecule has 2 saturated heterocycles. The lowest BCUT2D eigenvalue weighted by Crippen LogP contribution is -2.36. The smallest absolute Gasteiger partial charge is 0.293 e. The number of sulfonamides is 1. The van der Waals surface area contributed by atoms with Gasteiger partial charge in [-0.2, -0.15) is 9.40 Å². The first kappa shape index (κ1) is 19.8. The fourth-order valence-electron chi connectivity index (χ4n) is 4.26. The Hall–Kier alpha value is -2.46. The fraction of sp³-hybridized carbons (Fsp3) is 0.526. The molecule has 0 atom stereocenters. The molecule has 0 bridgehead atoms. The van der Waals surface area contributed by atoms with Crippen LogP contribution in [0.3, 0.4) is 0 Å². The van der Waals surface area contributed by atoms with E-state index < -0.39 is 14.9 Å². The average Bonchev–Trinajstić information content (AvgIpc) is 3.29. The van der Waals surface area contributed by atoms with E-state index in [1.54, 1.807) is 12.3 Å². The van der Waals surface area contributed by atoms with Gasteiger partial charge in [0.1, 0.15) is 5.69 Å². The number of hydrogen-bond donors (Lipinski definition) is 1.